The second-order valence-electron chi connectivity index (χ2n) is 4.87. The number of fused-ring (bicyclic) bond motifs is 1. The summed E-state index contributed by atoms with van der Waals surface area (Å²) < 4.78 is 5.48. The van der Waals surface area contributed by atoms with E-state index < -0.39 is 6.10 Å². The molecule has 1 atom stereocenters. The molecule has 7 heteroatoms. The normalized spacial score (nSPS) is 19.9. The molecule has 0 amide bonds. The number of pyridine rings is 1. The maximum absolute atomic E-state index is 9.69. The molecule has 0 radical (unpaired) electrons. The SMILES string of the molecule is N/C(=N/O)C1CN(c2nccc3ccc(O)cc23)CCO1. The van der Waals surface area contributed by atoms with Gasteiger partial charge >= 0.3 is 0 Å². The highest BCUT2D eigenvalue weighted by Crippen LogP contribution is 2.28. The van der Waals surface area contributed by atoms with Crippen molar-refractivity contribution in [3.63, 3.8) is 0 Å². The second kappa shape index (κ2) is 5.45. The van der Waals surface area contributed by atoms with Gasteiger partial charge in [-0.2, -0.15) is 0 Å². The van der Waals surface area contributed by atoms with Crippen molar-refractivity contribution in [1.82, 2.24) is 4.98 Å². The number of aromatic hydroxyl groups is 1. The summed E-state index contributed by atoms with van der Waals surface area (Å²) in [6.07, 6.45) is 1.25. The van der Waals surface area contributed by atoms with Gasteiger partial charge in [0.15, 0.2) is 5.84 Å². The van der Waals surface area contributed by atoms with Crippen LogP contribution in [0.2, 0.25) is 0 Å². The summed E-state index contributed by atoms with van der Waals surface area (Å²) in [5.41, 5.74) is 5.61. The number of rotatable bonds is 2. The molecule has 1 aliphatic heterocycles. The standard InChI is InChI=1S/C14H16N4O3/c15-13(17-20)12-8-18(5-6-21-12)14-11-7-10(19)2-1-9(11)3-4-16-14/h1-4,7,12,19-20H,5-6,8H2,(H2,15,17). The first kappa shape index (κ1) is 13.4. The number of oxime groups is 1. The smallest absolute Gasteiger partial charge is 0.170 e. The Balaban J connectivity index is 1.98. The van der Waals surface area contributed by atoms with Crippen LogP contribution in [0, 0.1) is 0 Å². The third-order valence-corrected chi connectivity index (χ3v) is 3.54. The third kappa shape index (κ3) is 2.55. The molecule has 2 heterocycles. The third-order valence-electron chi connectivity index (χ3n) is 3.54. The lowest BCUT2D eigenvalue weighted by atomic mass is 10.1. The van der Waals surface area contributed by atoms with Gasteiger partial charge in [0.2, 0.25) is 0 Å². The Kier molecular flexibility index (Phi) is 3.49. The van der Waals surface area contributed by atoms with E-state index in [0.717, 1.165) is 16.6 Å². The zero-order valence-corrected chi connectivity index (χ0v) is 11.3. The number of phenolic OH excluding ortho intramolecular Hbond substituents is 1. The molecule has 4 N–H and O–H groups in total. The largest absolute Gasteiger partial charge is 0.508 e. The van der Waals surface area contributed by atoms with Crippen molar-refractivity contribution >= 4 is 22.4 Å². The summed E-state index contributed by atoms with van der Waals surface area (Å²) in [5, 5.41) is 23.3. The van der Waals surface area contributed by atoms with Crippen molar-refractivity contribution in [3.05, 3.63) is 30.5 Å². The van der Waals surface area contributed by atoms with Gasteiger partial charge in [0.05, 0.1) is 13.2 Å². The lowest BCUT2D eigenvalue weighted by Gasteiger charge is -2.33. The number of nitrogens with zero attached hydrogens (tertiary/aromatic N) is 3. The zero-order chi connectivity index (χ0) is 14.8. The van der Waals surface area contributed by atoms with Crippen molar-refractivity contribution in [2.45, 2.75) is 6.10 Å². The molecule has 1 fully saturated rings. The number of amidine groups is 1. The average Bonchev–Trinajstić information content (AvgIpc) is 2.53. The molecule has 7 nitrogen and oxygen atoms in total. The highest BCUT2D eigenvalue weighted by Gasteiger charge is 2.25. The number of phenols is 1. The first-order chi connectivity index (χ1) is 10.2. The van der Waals surface area contributed by atoms with E-state index in [-0.39, 0.29) is 11.6 Å². The molecule has 110 valence electrons. The lowest BCUT2D eigenvalue weighted by molar-refractivity contribution is 0.0805. The average molecular weight is 288 g/mol. The Morgan fingerprint density at radius 1 is 1.43 bits per heavy atom. The summed E-state index contributed by atoms with van der Waals surface area (Å²) in [7, 11) is 0. The van der Waals surface area contributed by atoms with E-state index >= 15 is 0 Å². The summed E-state index contributed by atoms with van der Waals surface area (Å²) in [6.45, 7) is 1.55. The lowest BCUT2D eigenvalue weighted by Crippen LogP contribution is -2.48. The van der Waals surface area contributed by atoms with Crippen molar-refractivity contribution in [2.75, 3.05) is 24.6 Å². The Morgan fingerprint density at radius 2 is 2.29 bits per heavy atom. The number of ether oxygens (including phenoxy) is 1. The molecule has 1 unspecified atom stereocenters. The number of hydrogen-bond acceptors (Lipinski definition) is 6. The number of hydrogen-bond donors (Lipinski definition) is 3. The van der Waals surface area contributed by atoms with Gasteiger partial charge in [0.25, 0.3) is 0 Å². The van der Waals surface area contributed by atoms with Gasteiger partial charge in [-0.05, 0) is 23.6 Å². The first-order valence-electron chi connectivity index (χ1n) is 6.61. The van der Waals surface area contributed by atoms with Crippen LogP contribution < -0.4 is 10.6 Å². The minimum absolute atomic E-state index is 0.0442. The van der Waals surface area contributed by atoms with Gasteiger partial charge in [-0.1, -0.05) is 11.2 Å². The second-order valence-corrected chi connectivity index (χ2v) is 4.87. The van der Waals surface area contributed by atoms with Crippen LogP contribution in [0.15, 0.2) is 35.6 Å². The highest BCUT2D eigenvalue weighted by molar-refractivity contribution is 5.93. The van der Waals surface area contributed by atoms with E-state index in [2.05, 4.69) is 10.1 Å². The summed E-state index contributed by atoms with van der Waals surface area (Å²) >= 11 is 0. The van der Waals surface area contributed by atoms with E-state index in [0.29, 0.717) is 19.7 Å². The van der Waals surface area contributed by atoms with E-state index in [9.17, 15) is 5.11 Å². The summed E-state index contributed by atoms with van der Waals surface area (Å²) in [6, 6.07) is 7.06. The van der Waals surface area contributed by atoms with Crippen LogP contribution in [0.4, 0.5) is 5.82 Å². The van der Waals surface area contributed by atoms with Crippen LogP contribution in [-0.2, 0) is 4.74 Å². The molecule has 1 saturated heterocycles. The van der Waals surface area contributed by atoms with Crippen LogP contribution in [0.25, 0.3) is 10.8 Å². The number of benzene rings is 1. The molecule has 2 aromatic rings. The van der Waals surface area contributed by atoms with Crippen molar-refractivity contribution in [3.8, 4) is 5.75 Å². The van der Waals surface area contributed by atoms with Crippen LogP contribution in [0.5, 0.6) is 5.75 Å². The number of aromatic nitrogens is 1. The van der Waals surface area contributed by atoms with Crippen LogP contribution in [-0.4, -0.2) is 46.9 Å². The Morgan fingerprint density at radius 3 is 3.10 bits per heavy atom. The molecule has 0 spiro atoms. The fourth-order valence-corrected chi connectivity index (χ4v) is 2.48. The highest BCUT2D eigenvalue weighted by atomic mass is 16.5. The van der Waals surface area contributed by atoms with Crippen LogP contribution in [0.1, 0.15) is 0 Å². The fourth-order valence-electron chi connectivity index (χ4n) is 2.48. The molecule has 1 aliphatic rings. The van der Waals surface area contributed by atoms with E-state index in [1.54, 1.807) is 18.3 Å². The minimum Gasteiger partial charge on any atom is -0.508 e. The maximum atomic E-state index is 9.69. The summed E-state index contributed by atoms with van der Waals surface area (Å²) in [4.78, 5) is 6.42. The molecule has 1 aromatic carbocycles. The molecule has 0 aliphatic carbocycles. The van der Waals surface area contributed by atoms with Crippen molar-refractivity contribution in [2.24, 2.45) is 10.9 Å². The Bertz CT molecular complexity index is 689. The molecule has 21 heavy (non-hydrogen) atoms. The monoisotopic (exact) mass is 288 g/mol. The first-order valence-corrected chi connectivity index (χ1v) is 6.61. The Labute approximate surface area is 121 Å². The minimum atomic E-state index is -0.474. The Hall–Kier alpha value is -2.54. The van der Waals surface area contributed by atoms with Gasteiger partial charge in [0, 0.05) is 18.1 Å². The van der Waals surface area contributed by atoms with E-state index in [1.165, 1.54) is 0 Å². The van der Waals surface area contributed by atoms with Gasteiger partial charge in [-0.25, -0.2) is 4.98 Å². The van der Waals surface area contributed by atoms with Gasteiger partial charge in [-0.3, -0.25) is 0 Å². The fraction of sp³-hybridized carbons (Fsp3) is 0.286. The van der Waals surface area contributed by atoms with Crippen LogP contribution in [0.3, 0.4) is 0 Å². The molecule has 1 aromatic heterocycles. The van der Waals surface area contributed by atoms with Crippen molar-refractivity contribution < 1.29 is 15.1 Å². The maximum Gasteiger partial charge on any atom is 0.170 e. The van der Waals surface area contributed by atoms with Crippen molar-refractivity contribution in [1.29, 1.82) is 0 Å². The van der Waals surface area contributed by atoms with Crippen LogP contribution >= 0.6 is 0 Å². The van der Waals surface area contributed by atoms with Gasteiger partial charge in [0.1, 0.15) is 17.7 Å². The molecular formula is C14H16N4O3. The van der Waals surface area contributed by atoms with Gasteiger partial charge < -0.3 is 25.7 Å². The zero-order valence-electron chi connectivity index (χ0n) is 11.3. The number of morpholine rings is 1. The molecule has 0 saturated carbocycles. The number of anilines is 1. The predicted molar refractivity (Wildman–Crippen MR) is 78.8 cm³/mol. The quantitative estimate of drug-likeness (QED) is 0.328. The molecule has 3 rings (SSSR count). The summed E-state index contributed by atoms with van der Waals surface area (Å²) in [5.74, 6) is 0.989. The molecule has 0 bridgehead atoms. The van der Waals surface area contributed by atoms with E-state index in [1.807, 2.05) is 17.0 Å². The predicted octanol–water partition coefficient (Wildman–Crippen LogP) is 0.892. The van der Waals surface area contributed by atoms with E-state index in [4.69, 9.17) is 15.7 Å². The number of nitrogens with two attached hydrogens (primary N) is 1. The molecular weight excluding hydrogens is 272 g/mol. The van der Waals surface area contributed by atoms with Gasteiger partial charge in [-0.15, -0.1) is 0 Å². The topological polar surface area (TPSA) is 104 Å².